The number of hydrogen-bond donors (Lipinski definition) is 2. The number of pyridine rings is 1. The quantitative estimate of drug-likeness (QED) is 0.200. The summed E-state index contributed by atoms with van der Waals surface area (Å²) in [7, 11) is -4.28. The van der Waals surface area contributed by atoms with Gasteiger partial charge in [-0.15, -0.1) is 11.3 Å². The zero-order chi connectivity index (χ0) is 30.8. The molecule has 2 N–H and O–H groups in total. The van der Waals surface area contributed by atoms with Gasteiger partial charge in [-0.05, 0) is 72.6 Å². The zero-order valence-electron chi connectivity index (χ0n) is 24.1. The van der Waals surface area contributed by atoms with Crippen molar-refractivity contribution in [2.24, 2.45) is 0 Å². The number of nitrogens with one attached hydrogen (secondary N) is 1. The van der Waals surface area contributed by atoms with E-state index in [0.717, 1.165) is 10.4 Å². The van der Waals surface area contributed by atoms with Crippen molar-refractivity contribution in [1.29, 1.82) is 0 Å². The Morgan fingerprint density at radius 3 is 2.41 bits per heavy atom. The molecule has 0 bridgehead atoms. The summed E-state index contributed by atoms with van der Waals surface area (Å²) in [6, 6.07) is 4.34. The first-order chi connectivity index (χ1) is 18.8. The molecule has 0 spiro atoms. The minimum Gasteiger partial charge on any atom is -0.467 e. The molecule has 0 aliphatic rings. The molecule has 3 aromatic rings. The average molecular weight is 630 g/mol. The number of amides is 2. The van der Waals surface area contributed by atoms with Crippen molar-refractivity contribution in [3.05, 3.63) is 45.8 Å². The molecule has 226 valence electrons. The van der Waals surface area contributed by atoms with Gasteiger partial charge in [0.2, 0.25) is 0 Å². The van der Waals surface area contributed by atoms with E-state index in [1.165, 1.54) is 22.5 Å². The number of nitrogens with zero attached hydrogens (tertiary/aromatic N) is 2. The van der Waals surface area contributed by atoms with Crippen LogP contribution < -0.4 is 10.2 Å². The molecule has 0 unspecified atom stereocenters. The SMILES string of the molecule is Cc1c(C[C@@H](CCS(=O)(=O)O)NC(=O)OC(C)(C)C)sc2c(N(Cc3ccco3)C(=O)OC(C)(C)C)cc(Cl)nc12. The van der Waals surface area contributed by atoms with Crippen LogP contribution in [0.4, 0.5) is 15.3 Å². The second-order valence-electron chi connectivity index (χ2n) is 11.6. The summed E-state index contributed by atoms with van der Waals surface area (Å²) in [5.41, 5.74) is 0.225. The van der Waals surface area contributed by atoms with Crippen LogP contribution in [0, 0.1) is 6.92 Å². The second-order valence-corrected chi connectivity index (χ2v) is 14.6. The number of anilines is 1. The maximum atomic E-state index is 13.4. The number of halogens is 1. The second kappa shape index (κ2) is 12.6. The van der Waals surface area contributed by atoms with Crippen LogP contribution in [0.5, 0.6) is 0 Å². The number of carbonyl (C=O) groups excluding carboxylic acids is 2. The van der Waals surface area contributed by atoms with Gasteiger partial charge in [0.25, 0.3) is 10.1 Å². The van der Waals surface area contributed by atoms with E-state index < -0.39 is 45.3 Å². The van der Waals surface area contributed by atoms with Crippen LogP contribution in [-0.2, 0) is 32.6 Å². The van der Waals surface area contributed by atoms with Gasteiger partial charge >= 0.3 is 12.2 Å². The van der Waals surface area contributed by atoms with E-state index in [9.17, 15) is 22.6 Å². The Morgan fingerprint density at radius 2 is 1.85 bits per heavy atom. The first kappa shape index (κ1) is 32.6. The third kappa shape index (κ3) is 9.87. The van der Waals surface area contributed by atoms with Crippen molar-refractivity contribution in [2.45, 2.75) is 85.1 Å². The number of aromatic nitrogens is 1. The summed E-state index contributed by atoms with van der Waals surface area (Å²) in [5, 5.41) is 2.87. The van der Waals surface area contributed by atoms with Crippen molar-refractivity contribution in [3.63, 3.8) is 0 Å². The Bertz CT molecular complexity index is 1490. The summed E-state index contributed by atoms with van der Waals surface area (Å²) >= 11 is 7.76. The topological polar surface area (TPSA) is 148 Å². The molecule has 3 rings (SSSR count). The van der Waals surface area contributed by atoms with Gasteiger partial charge in [-0.3, -0.25) is 9.45 Å². The molecule has 0 aromatic carbocycles. The van der Waals surface area contributed by atoms with Crippen molar-refractivity contribution >= 4 is 61.1 Å². The zero-order valence-corrected chi connectivity index (χ0v) is 26.5. The van der Waals surface area contributed by atoms with E-state index in [0.29, 0.717) is 21.7 Å². The molecule has 2 amide bonds. The van der Waals surface area contributed by atoms with Crippen LogP contribution in [0.3, 0.4) is 0 Å². The lowest BCUT2D eigenvalue weighted by Crippen LogP contribution is -2.41. The maximum absolute atomic E-state index is 13.4. The minimum atomic E-state index is -4.28. The fourth-order valence-corrected chi connectivity index (χ4v) is 6.03. The highest BCUT2D eigenvalue weighted by molar-refractivity contribution is 7.85. The Morgan fingerprint density at radius 1 is 1.20 bits per heavy atom. The van der Waals surface area contributed by atoms with Gasteiger partial charge in [0.05, 0.1) is 34.5 Å². The molecule has 0 aliphatic heterocycles. The minimum absolute atomic E-state index is 0.0602. The van der Waals surface area contributed by atoms with Crippen LogP contribution in [0.1, 0.15) is 64.2 Å². The van der Waals surface area contributed by atoms with Gasteiger partial charge in [-0.1, -0.05) is 11.6 Å². The molecule has 3 aromatic heterocycles. The van der Waals surface area contributed by atoms with Crippen molar-refractivity contribution in [2.75, 3.05) is 10.7 Å². The summed E-state index contributed by atoms with van der Waals surface area (Å²) in [4.78, 5) is 32.6. The standard InChI is InChI=1S/C27H36ClN3O8S2/c1-16-20(13-17(10-12-41(34,35)36)29-24(32)38-26(2,3)4)40-23-19(14-21(28)30-22(16)23)31(15-18-9-8-11-37-18)25(33)39-27(5,6)7/h8-9,11,14,17H,10,12-13,15H2,1-7H3,(H,29,32)(H,34,35,36)/t17-/m1/s1. The highest BCUT2D eigenvalue weighted by Gasteiger charge is 2.29. The van der Waals surface area contributed by atoms with Crippen molar-refractivity contribution < 1.29 is 36.5 Å². The lowest BCUT2D eigenvalue weighted by molar-refractivity contribution is 0.0501. The molecule has 11 nitrogen and oxygen atoms in total. The number of furan rings is 1. The van der Waals surface area contributed by atoms with E-state index in [1.54, 1.807) is 59.7 Å². The molecular weight excluding hydrogens is 594 g/mol. The van der Waals surface area contributed by atoms with E-state index in [2.05, 4.69) is 10.3 Å². The van der Waals surface area contributed by atoms with Gasteiger partial charge in [-0.2, -0.15) is 8.42 Å². The summed E-state index contributed by atoms with van der Waals surface area (Å²) < 4.78 is 49.5. The molecule has 0 saturated carbocycles. The van der Waals surface area contributed by atoms with Gasteiger partial charge < -0.3 is 19.2 Å². The Balaban J connectivity index is 2.04. The third-order valence-electron chi connectivity index (χ3n) is 5.60. The number of thiophene rings is 1. The number of ether oxygens (including phenoxy) is 2. The van der Waals surface area contributed by atoms with E-state index in [-0.39, 0.29) is 24.5 Å². The smallest absolute Gasteiger partial charge is 0.415 e. The van der Waals surface area contributed by atoms with E-state index in [4.69, 9.17) is 25.5 Å². The molecule has 41 heavy (non-hydrogen) atoms. The Hall–Kier alpha value is -2.87. The summed E-state index contributed by atoms with van der Waals surface area (Å²) in [6.07, 6.45) is 0.337. The fourth-order valence-electron chi connectivity index (χ4n) is 3.91. The molecule has 0 aliphatic carbocycles. The first-order valence-corrected chi connectivity index (χ1v) is 15.7. The molecular formula is C27H36ClN3O8S2. The number of fused-ring (bicyclic) bond motifs is 1. The van der Waals surface area contributed by atoms with Crippen LogP contribution in [0.2, 0.25) is 5.15 Å². The monoisotopic (exact) mass is 629 g/mol. The van der Waals surface area contributed by atoms with Crippen LogP contribution in [0.15, 0.2) is 28.9 Å². The maximum Gasteiger partial charge on any atom is 0.415 e. The van der Waals surface area contributed by atoms with Gasteiger partial charge in [0.1, 0.15) is 22.1 Å². The number of alkyl carbamates (subject to hydrolysis) is 1. The van der Waals surface area contributed by atoms with Crippen molar-refractivity contribution in [1.82, 2.24) is 10.3 Å². The normalized spacial score (nSPS) is 13.2. The predicted octanol–water partition coefficient (Wildman–Crippen LogP) is 6.51. The van der Waals surface area contributed by atoms with E-state index in [1.807, 2.05) is 6.92 Å². The average Bonchev–Trinajstić information content (AvgIpc) is 3.41. The lowest BCUT2D eigenvalue weighted by atomic mass is 10.1. The first-order valence-electron chi connectivity index (χ1n) is 12.9. The molecule has 0 fully saturated rings. The lowest BCUT2D eigenvalue weighted by Gasteiger charge is -2.27. The number of rotatable bonds is 9. The number of carbonyl (C=O) groups is 2. The number of hydrogen-bond acceptors (Lipinski definition) is 9. The molecule has 1 atom stereocenters. The predicted molar refractivity (Wildman–Crippen MR) is 158 cm³/mol. The molecule has 0 saturated heterocycles. The highest BCUT2D eigenvalue weighted by Crippen LogP contribution is 2.40. The highest BCUT2D eigenvalue weighted by atomic mass is 35.5. The molecule has 0 radical (unpaired) electrons. The third-order valence-corrected chi connectivity index (χ3v) is 7.87. The van der Waals surface area contributed by atoms with Gasteiger partial charge in [0, 0.05) is 23.4 Å². The van der Waals surface area contributed by atoms with Gasteiger partial charge in [0.15, 0.2) is 0 Å². The summed E-state index contributed by atoms with van der Waals surface area (Å²) in [6.45, 7) is 12.3. The number of aryl methyl sites for hydroxylation is 1. The summed E-state index contributed by atoms with van der Waals surface area (Å²) in [5.74, 6) is -0.0280. The van der Waals surface area contributed by atoms with Gasteiger partial charge in [-0.25, -0.2) is 14.6 Å². The van der Waals surface area contributed by atoms with Crippen molar-refractivity contribution in [3.8, 4) is 0 Å². The van der Waals surface area contributed by atoms with Crippen LogP contribution >= 0.6 is 22.9 Å². The largest absolute Gasteiger partial charge is 0.467 e. The van der Waals surface area contributed by atoms with Crippen LogP contribution in [-0.4, -0.2) is 53.1 Å². The molecule has 3 heterocycles. The van der Waals surface area contributed by atoms with E-state index >= 15 is 0 Å². The van der Waals surface area contributed by atoms with Crippen LogP contribution in [0.25, 0.3) is 10.2 Å². The fraction of sp³-hybridized carbons (Fsp3) is 0.519. The Labute approximate surface area is 248 Å². The Kier molecular flexibility index (Phi) is 10.00. The molecule has 14 heteroatoms.